The van der Waals surface area contributed by atoms with E-state index in [0.717, 1.165) is 36.5 Å². The molecule has 0 heterocycles. The van der Waals surface area contributed by atoms with Gasteiger partial charge in [-0.1, -0.05) is 31.8 Å². The van der Waals surface area contributed by atoms with Crippen LogP contribution in [-0.2, 0) is 0 Å². The van der Waals surface area contributed by atoms with Crippen LogP contribution in [0.3, 0.4) is 0 Å². The molecule has 0 fully saturated rings. The molecule has 2 rings (SSSR count). The van der Waals surface area contributed by atoms with Gasteiger partial charge >= 0.3 is 0 Å². The molecule has 0 amide bonds. The minimum atomic E-state index is 0.724. The molecule has 0 bridgehead atoms. The normalized spacial score (nSPS) is 21.1. The fourth-order valence-corrected chi connectivity index (χ4v) is 3.20. The van der Waals surface area contributed by atoms with Gasteiger partial charge in [0.25, 0.3) is 0 Å². The van der Waals surface area contributed by atoms with Gasteiger partial charge in [0.15, 0.2) is 0 Å². The molecule has 3 heteroatoms. The molecule has 0 N–H and O–H groups in total. The van der Waals surface area contributed by atoms with Gasteiger partial charge in [0, 0.05) is 18.8 Å². The molecule has 2 unspecified atom stereocenters. The molecule has 0 saturated carbocycles. The highest BCUT2D eigenvalue weighted by molar-refractivity contribution is 6.12. The van der Waals surface area contributed by atoms with Gasteiger partial charge in [0.1, 0.15) is 13.6 Å². The first-order valence-electron chi connectivity index (χ1n) is 8.64. The lowest BCUT2D eigenvalue weighted by atomic mass is 9.75. The van der Waals surface area contributed by atoms with Crippen molar-refractivity contribution in [1.82, 2.24) is 0 Å². The summed E-state index contributed by atoms with van der Waals surface area (Å²) in [5, 5.41) is 0. The van der Waals surface area contributed by atoms with Crippen molar-refractivity contribution in [3.63, 3.8) is 0 Å². The number of allylic oxidation sites excluding steroid dienone is 2. The van der Waals surface area contributed by atoms with Crippen molar-refractivity contribution >= 4 is 13.5 Å². The summed E-state index contributed by atoms with van der Waals surface area (Å²) in [5.74, 6) is 3.17. The van der Waals surface area contributed by atoms with Gasteiger partial charge in [0.05, 0.1) is 7.11 Å². The number of hydrogen-bond donors (Lipinski definition) is 0. The number of rotatable bonds is 7. The van der Waals surface area contributed by atoms with Crippen molar-refractivity contribution in [3.05, 3.63) is 36.4 Å². The number of ether oxygens (including phenoxy) is 1. The maximum absolute atomic E-state index is 5.28. The van der Waals surface area contributed by atoms with Crippen LogP contribution >= 0.6 is 0 Å². The Morgan fingerprint density at radius 2 is 2.00 bits per heavy atom. The molecule has 1 aromatic rings. The summed E-state index contributed by atoms with van der Waals surface area (Å²) in [6, 6.07) is 8.53. The molecule has 1 aromatic carbocycles. The van der Waals surface area contributed by atoms with Crippen molar-refractivity contribution in [2.45, 2.75) is 38.9 Å². The van der Waals surface area contributed by atoms with Crippen LogP contribution in [0.15, 0.2) is 36.4 Å². The molecular formula is C19H30BNO. The Bertz CT molecular complexity index is 469. The van der Waals surface area contributed by atoms with Crippen LogP contribution in [0.5, 0.6) is 5.75 Å². The lowest BCUT2D eigenvalue weighted by molar-refractivity contribution is 0.414. The Morgan fingerprint density at radius 3 is 2.59 bits per heavy atom. The first-order chi connectivity index (χ1) is 10.6. The highest BCUT2D eigenvalue weighted by Gasteiger charge is 2.18. The monoisotopic (exact) mass is 299 g/mol. The number of methoxy groups -OCH3 is 1. The lowest BCUT2D eigenvalue weighted by Gasteiger charge is -2.32. The van der Waals surface area contributed by atoms with Crippen molar-refractivity contribution < 1.29 is 4.74 Å². The molecule has 2 nitrogen and oxygen atoms in total. The average molecular weight is 299 g/mol. The standard InChI is InChI=1S/C19H30BNO/c1-15(2)11-12-21(14-16-5-4-6-17(20)13-16)18-7-9-19(22-3)10-8-18/h4,6-10,15-17H,5,11-14,20H2,1-3H3. The zero-order valence-electron chi connectivity index (χ0n) is 14.6. The molecule has 22 heavy (non-hydrogen) atoms. The molecule has 0 aliphatic heterocycles. The average Bonchev–Trinajstić information content (AvgIpc) is 2.51. The van der Waals surface area contributed by atoms with E-state index in [1.54, 1.807) is 7.11 Å². The number of benzene rings is 1. The highest BCUT2D eigenvalue weighted by atomic mass is 16.5. The maximum Gasteiger partial charge on any atom is 0.119 e. The molecule has 120 valence electrons. The van der Waals surface area contributed by atoms with Gasteiger partial charge in [-0.3, -0.25) is 0 Å². The maximum atomic E-state index is 5.28. The van der Waals surface area contributed by atoms with Gasteiger partial charge < -0.3 is 9.64 Å². The SMILES string of the molecule is BC1C=CCC(CN(CCC(C)C)c2ccc(OC)cc2)C1. The summed E-state index contributed by atoms with van der Waals surface area (Å²) in [4.78, 5) is 2.57. The quantitative estimate of drug-likeness (QED) is 0.558. The van der Waals surface area contributed by atoms with E-state index in [-0.39, 0.29) is 0 Å². The third-order valence-corrected chi connectivity index (χ3v) is 4.53. The van der Waals surface area contributed by atoms with Crippen LogP contribution in [0, 0.1) is 11.8 Å². The fraction of sp³-hybridized carbons (Fsp3) is 0.579. The fourth-order valence-electron chi connectivity index (χ4n) is 3.20. The number of anilines is 1. The predicted octanol–water partition coefficient (Wildman–Crippen LogP) is 3.94. The van der Waals surface area contributed by atoms with Crippen molar-refractivity contribution in [2.75, 3.05) is 25.1 Å². The van der Waals surface area contributed by atoms with Crippen LogP contribution in [0.25, 0.3) is 0 Å². The van der Waals surface area contributed by atoms with Gasteiger partial charge in [-0.15, -0.1) is 0 Å². The molecule has 0 aromatic heterocycles. The van der Waals surface area contributed by atoms with Crippen LogP contribution in [0.4, 0.5) is 5.69 Å². The van der Waals surface area contributed by atoms with Crippen molar-refractivity contribution in [2.24, 2.45) is 11.8 Å². The van der Waals surface area contributed by atoms with Gasteiger partial charge in [-0.25, -0.2) is 0 Å². The Hall–Kier alpha value is -1.38. The molecule has 1 aliphatic rings. The van der Waals surface area contributed by atoms with E-state index in [2.05, 4.69) is 63.0 Å². The summed E-state index contributed by atoms with van der Waals surface area (Å²) >= 11 is 0. The lowest BCUT2D eigenvalue weighted by Crippen LogP contribution is -2.32. The zero-order valence-corrected chi connectivity index (χ0v) is 14.6. The van der Waals surface area contributed by atoms with Crippen LogP contribution in [0.1, 0.15) is 33.1 Å². The molecule has 0 spiro atoms. The van der Waals surface area contributed by atoms with Crippen LogP contribution in [-0.4, -0.2) is 28.0 Å². The van der Waals surface area contributed by atoms with Crippen molar-refractivity contribution in [1.29, 1.82) is 0 Å². The second-order valence-corrected chi connectivity index (χ2v) is 7.07. The van der Waals surface area contributed by atoms with E-state index in [4.69, 9.17) is 4.74 Å². The number of nitrogens with zero attached hydrogens (tertiary/aromatic N) is 1. The molecule has 1 aliphatic carbocycles. The molecular weight excluding hydrogens is 269 g/mol. The Kier molecular flexibility index (Phi) is 6.41. The van der Waals surface area contributed by atoms with Crippen LogP contribution < -0.4 is 9.64 Å². The van der Waals surface area contributed by atoms with E-state index < -0.39 is 0 Å². The number of hydrogen-bond acceptors (Lipinski definition) is 2. The second-order valence-electron chi connectivity index (χ2n) is 7.07. The summed E-state index contributed by atoms with van der Waals surface area (Å²) in [5.41, 5.74) is 1.32. The topological polar surface area (TPSA) is 12.5 Å². The molecule has 0 radical (unpaired) electrons. The Labute approximate surface area is 137 Å². The van der Waals surface area contributed by atoms with E-state index >= 15 is 0 Å². The van der Waals surface area contributed by atoms with Gasteiger partial charge in [-0.2, -0.15) is 0 Å². The van der Waals surface area contributed by atoms with Gasteiger partial charge in [0.2, 0.25) is 0 Å². The largest absolute Gasteiger partial charge is 0.497 e. The minimum Gasteiger partial charge on any atom is -0.497 e. The first-order valence-corrected chi connectivity index (χ1v) is 8.64. The van der Waals surface area contributed by atoms with Crippen molar-refractivity contribution in [3.8, 4) is 5.75 Å². The zero-order chi connectivity index (χ0) is 15.9. The summed E-state index contributed by atoms with van der Waals surface area (Å²) in [7, 11) is 4.05. The Morgan fingerprint density at radius 1 is 1.27 bits per heavy atom. The predicted molar refractivity (Wildman–Crippen MR) is 98.8 cm³/mol. The third-order valence-electron chi connectivity index (χ3n) is 4.53. The smallest absolute Gasteiger partial charge is 0.119 e. The van der Waals surface area contributed by atoms with E-state index in [9.17, 15) is 0 Å². The summed E-state index contributed by atoms with van der Waals surface area (Å²) in [6.07, 6.45) is 8.50. The van der Waals surface area contributed by atoms with E-state index in [1.807, 2.05) is 0 Å². The third kappa shape index (κ3) is 5.12. The van der Waals surface area contributed by atoms with E-state index in [0.29, 0.717) is 0 Å². The minimum absolute atomic E-state index is 0.724. The van der Waals surface area contributed by atoms with E-state index in [1.165, 1.54) is 24.9 Å². The first kappa shape index (κ1) is 17.0. The van der Waals surface area contributed by atoms with Crippen LogP contribution in [0.2, 0.25) is 5.82 Å². The Balaban J connectivity index is 2.05. The molecule has 2 atom stereocenters. The summed E-state index contributed by atoms with van der Waals surface area (Å²) < 4.78 is 5.28. The summed E-state index contributed by atoms with van der Waals surface area (Å²) in [6.45, 7) is 6.90. The molecule has 0 saturated heterocycles. The van der Waals surface area contributed by atoms with Gasteiger partial charge in [-0.05, 0) is 55.4 Å². The highest BCUT2D eigenvalue weighted by Crippen LogP contribution is 2.28. The second kappa shape index (κ2) is 8.31.